The highest BCUT2D eigenvalue weighted by Gasteiger charge is 2.40. The van der Waals surface area contributed by atoms with E-state index < -0.39 is 0 Å². The number of fused-ring (bicyclic) bond motifs is 1. The Morgan fingerprint density at radius 3 is 2.58 bits per heavy atom. The van der Waals surface area contributed by atoms with Gasteiger partial charge in [-0.3, -0.25) is 4.79 Å². The predicted molar refractivity (Wildman–Crippen MR) is 73.9 cm³/mol. The molecule has 1 saturated carbocycles. The van der Waals surface area contributed by atoms with E-state index in [1.165, 1.54) is 25.7 Å². The zero-order chi connectivity index (χ0) is 13.2. The molecule has 108 valence electrons. The van der Waals surface area contributed by atoms with Gasteiger partial charge in [0, 0.05) is 26.2 Å². The summed E-state index contributed by atoms with van der Waals surface area (Å²) in [5.74, 6) is 1.09. The van der Waals surface area contributed by atoms with Crippen molar-refractivity contribution in [1.29, 1.82) is 0 Å². The predicted octanol–water partition coefficient (Wildman–Crippen LogP) is 1.54. The Morgan fingerprint density at radius 1 is 1.16 bits per heavy atom. The first kappa shape index (κ1) is 13.4. The molecule has 0 aromatic carbocycles. The van der Waals surface area contributed by atoms with Crippen LogP contribution >= 0.6 is 0 Å². The molecule has 1 N–H and O–H groups in total. The lowest BCUT2D eigenvalue weighted by Crippen LogP contribution is -2.49. The number of hydrogen-bond donors (Lipinski definition) is 1. The minimum Gasteiger partial charge on any atom is -0.381 e. The fourth-order valence-corrected chi connectivity index (χ4v) is 4.04. The number of methoxy groups -OCH3 is 1. The minimum absolute atomic E-state index is 0.0900. The van der Waals surface area contributed by atoms with E-state index in [1.807, 2.05) is 4.90 Å². The summed E-state index contributed by atoms with van der Waals surface area (Å²) in [5.41, 5.74) is 0. The fraction of sp³-hybridized carbons (Fsp3) is 0.933. The smallest absolute Gasteiger partial charge is 0.239 e. The summed E-state index contributed by atoms with van der Waals surface area (Å²) in [6.45, 7) is 1.73. The molecule has 2 saturated heterocycles. The summed E-state index contributed by atoms with van der Waals surface area (Å²) in [6.07, 6.45) is 8.64. The van der Waals surface area contributed by atoms with Crippen LogP contribution in [-0.4, -0.2) is 49.2 Å². The van der Waals surface area contributed by atoms with Gasteiger partial charge in [0.25, 0.3) is 0 Å². The maximum atomic E-state index is 12.6. The van der Waals surface area contributed by atoms with E-state index in [1.54, 1.807) is 7.11 Å². The van der Waals surface area contributed by atoms with E-state index in [4.69, 9.17) is 4.74 Å². The number of carbonyl (C=O) groups excluding carboxylic acids is 1. The molecule has 4 nitrogen and oxygen atoms in total. The summed E-state index contributed by atoms with van der Waals surface area (Å²) in [5, 5.41) is 3.59. The molecule has 0 bridgehead atoms. The van der Waals surface area contributed by atoms with Gasteiger partial charge in [0.15, 0.2) is 0 Å². The number of hydrogen-bond acceptors (Lipinski definition) is 3. The van der Waals surface area contributed by atoms with Crippen molar-refractivity contribution in [2.45, 2.75) is 63.1 Å². The van der Waals surface area contributed by atoms with Crippen LogP contribution in [0.25, 0.3) is 0 Å². The molecule has 4 heteroatoms. The molecule has 0 aromatic heterocycles. The summed E-state index contributed by atoms with van der Waals surface area (Å²) in [4.78, 5) is 14.6. The zero-order valence-corrected chi connectivity index (χ0v) is 11.9. The van der Waals surface area contributed by atoms with Gasteiger partial charge in [0.2, 0.25) is 5.91 Å². The van der Waals surface area contributed by atoms with Crippen LogP contribution in [0.3, 0.4) is 0 Å². The first-order valence-electron chi connectivity index (χ1n) is 7.85. The van der Waals surface area contributed by atoms with Crippen LogP contribution in [0.4, 0.5) is 0 Å². The summed E-state index contributed by atoms with van der Waals surface area (Å²) in [6, 6.07) is 0.700. The normalized spacial score (nSPS) is 36.3. The highest BCUT2D eigenvalue weighted by molar-refractivity contribution is 5.82. The molecule has 2 aliphatic heterocycles. The topological polar surface area (TPSA) is 41.6 Å². The molecule has 3 rings (SSSR count). The summed E-state index contributed by atoms with van der Waals surface area (Å²) >= 11 is 0. The fourth-order valence-electron chi connectivity index (χ4n) is 4.04. The van der Waals surface area contributed by atoms with Gasteiger partial charge in [-0.05, 0) is 38.0 Å². The average Bonchev–Trinajstić information content (AvgIpc) is 2.90. The standard InChI is InChI=1S/C15H26N2O2/c1-19-12-6-8-17(9-7-12)15(18)14-10-11-4-2-3-5-13(11)16-14/h11-14,16H,2-10H2,1H3. The van der Waals surface area contributed by atoms with Crippen molar-refractivity contribution < 1.29 is 9.53 Å². The van der Waals surface area contributed by atoms with Gasteiger partial charge < -0.3 is 15.0 Å². The second-order valence-corrected chi connectivity index (χ2v) is 6.37. The third kappa shape index (κ3) is 2.79. The van der Waals surface area contributed by atoms with Gasteiger partial charge in [-0.15, -0.1) is 0 Å². The number of ether oxygens (including phenoxy) is 1. The van der Waals surface area contributed by atoms with Gasteiger partial charge in [0.1, 0.15) is 0 Å². The van der Waals surface area contributed by atoms with E-state index in [0.717, 1.165) is 38.3 Å². The zero-order valence-electron chi connectivity index (χ0n) is 11.9. The van der Waals surface area contributed by atoms with E-state index in [-0.39, 0.29) is 6.04 Å². The van der Waals surface area contributed by atoms with Crippen molar-refractivity contribution in [3.63, 3.8) is 0 Å². The van der Waals surface area contributed by atoms with Crippen LogP contribution in [0.2, 0.25) is 0 Å². The van der Waals surface area contributed by atoms with E-state index in [0.29, 0.717) is 18.1 Å². The molecular weight excluding hydrogens is 240 g/mol. The molecule has 0 aromatic rings. The maximum absolute atomic E-state index is 12.6. The van der Waals surface area contributed by atoms with Crippen LogP contribution in [0, 0.1) is 5.92 Å². The van der Waals surface area contributed by atoms with Crippen LogP contribution < -0.4 is 5.32 Å². The molecule has 2 heterocycles. The molecule has 3 unspecified atom stereocenters. The lowest BCUT2D eigenvalue weighted by atomic mass is 9.85. The van der Waals surface area contributed by atoms with Crippen molar-refractivity contribution in [3.05, 3.63) is 0 Å². The van der Waals surface area contributed by atoms with Crippen molar-refractivity contribution in [2.75, 3.05) is 20.2 Å². The third-order valence-corrected chi connectivity index (χ3v) is 5.25. The largest absolute Gasteiger partial charge is 0.381 e. The number of rotatable bonds is 2. The summed E-state index contributed by atoms with van der Waals surface area (Å²) in [7, 11) is 1.77. The van der Waals surface area contributed by atoms with Gasteiger partial charge in [-0.1, -0.05) is 12.8 Å². The Balaban J connectivity index is 1.53. The van der Waals surface area contributed by atoms with Crippen LogP contribution in [0.5, 0.6) is 0 Å². The molecular formula is C15H26N2O2. The molecule has 19 heavy (non-hydrogen) atoms. The SMILES string of the molecule is COC1CCN(C(=O)C2CC3CCCCC3N2)CC1. The number of nitrogens with zero attached hydrogens (tertiary/aromatic N) is 1. The van der Waals surface area contributed by atoms with E-state index in [2.05, 4.69) is 5.32 Å². The number of likely N-dealkylation sites (tertiary alicyclic amines) is 1. The molecule has 1 amide bonds. The van der Waals surface area contributed by atoms with Crippen LogP contribution in [0.15, 0.2) is 0 Å². The molecule has 0 spiro atoms. The van der Waals surface area contributed by atoms with Crippen molar-refractivity contribution in [3.8, 4) is 0 Å². The molecule has 0 radical (unpaired) electrons. The maximum Gasteiger partial charge on any atom is 0.239 e. The van der Waals surface area contributed by atoms with E-state index in [9.17, 15) is 4.79 Å². The Kier molecular flexibility index (Phi) is 4.08. The lowest BCUT2D eigenvalue weighted by Gasteiger charge is -2.33. The van der Waals surface area contributed by atoms with E-state index >= 15 is 0 Å². The first-order chi connectivity index (χ1) is 9.28. The number of nitrogens with one attached hydrogen (secondary N) is 1. The molecule has 3 atom stereocenters. The second-order valence-electron chi connectivity index (χ2n) is 6.37. The van der Waals surface area contributed by atoms with Gasteiger partial charge in [-0.25, -0.2) is 0 Å². The van der Waals surface area contributed by atoms with Crippen molar-refractivity contribution >= 4 is 5.91 Å². The minimum atomic E-state index is 0.0900. The summed E-state index contributed by atoms with van der Waals surface area (Å²) < 4.78 is 5.37. The Hall–Kier alpha value is -0.610. The molecule has 3 fully saturated rings. The molecule has 3 aliphatic rings. The lowest BCUT2D eigenvalue weighted by molar-refractivity contribution is -0.135. The second kappa shape index (κ2) is 5.80. The quantitative estimate of drug-likeness (QED) is 0.824. The van der Waals surface area contributed by atoms with Gasteiger partial charge in [0.05, 0.1) is 12.1 Å². The first-order valence-corrected chi connectivity index (χ1v) is 7.85. The van der Waals surface area contributed by atoms with Gasteiger partial charge >= 0.3 is 0 Å². The van der Waals surface area contributed by atoms with Gasteiger partial charge in [-0.2, -0.15) is 0 Å². The van der Waals surface area contributed by atoms with Crippen molar-refractivity contribution in [1.82, 2.24) is 10.2 Å². The van der Waals surface area contributed by atoms with Crippen LogP contribution in [-0.2, 0) is 9.53 Å². The third-order valence-electron chi connectivity index (χ3n) is 5.25. The number of carbonyl (C=O) groups is 1. The number of piperidine rings is 1. The highest BCUT2D eigenvalue weighted by Crippen LogP contribution is 2.33. The average molecular weight is 266 g/mol. The number of amides is 1. The highest BCUT2D eigenvalue weighted by atomic mass is 16.5. The Labute approximate surface area is 115 Å². The molecule has 1 aliphatic carbocycles. The van der Waals surface area contributed by atoms with Crippen molar-refractivity contribution in [2.24, 2.45) is 5.92 Å². The Bertz CT molecular complexity index is 312. The van der Waals surface area contributed by atoms with Crippen LogP contribution in [0.1, 0.15) is 44.9 Å². The Morgan fingerprint density at radius 2 is 1.89 bits per heavy atom. The monoisotopic (exact) mass is 266 g/mol.